The highest BCUT2D eigenvalue weighted by atomic mass is 16.6. The van der Waals surface area contributed by atoms with Gasteiger partial charge in [0.05, 0.1) is 0 Å². The van der Waals surface area contributed by atoms with Gasteiger partial charge >= 0.3 is 17.9 Å². The van der Waals surface area contributed by atoms with Crippen LogP contribution < -0.4 is 0 Å². The molecule has 6 heteroatoms. The van der Waals surface area contributed by atoms with Crippen LogP contribution in [-0.4, -0.2) is 37.2 Å². The van der Waals surface area contributed by atoms with Crippen molar-refractivity contribution in [2.75, 3.05) is 13.2 Å². The molecular weight excluding hydrogens is 829 g/mol. The van der Waals surface area contributed by atoms with Crippen LogP contribution in [0, 0.1) is 0 Å². The van der Waals surface area contributed by atoms with Gasteiger partial charge in [-0.2, -0.15) is 0 Å². The summed E-state index contributed by atoms with van der Waals surface area (Å²) in [6, 6.07) is 0. The monoisotopic (exact) mass is 937 g/mol. The molecule has 0 heterocycles. The summed E-state index contributed by atoms with van der Waals surface area (Å²) in [4.78, 5) is 37.8. The molecule has 1 atom stereocenters. The molecule has 0 radical (unpaired) electrons. The summed E-state index contributed by atoms with van der Waals surface area (Å²) in [5.41, 5.74) is 0. The van der Waals surface area contributed by atoms with Crippen LogP contribution >= 0.6 is 0 Å². The minimum Gasteiger partial charge on any atom is -0.462 e. The van der Waals surface area contributed by atoms with Gasteiger partial charge in [-0.25, -0.2) is 0 Å². The third-order valence-electron chi connectivity index (χ3n) is 12.5. The van der Waals surface area contributed by atoms with E-state index in [1.165, 1.54) is 161 Å². The first-order valence-electron chi connectivity index (χ1n) is 28.8. The number of hydrogen-bond acceptors (Lipinski definition) is 6. The molecule has 0 aromatic rings. The third kappa shape index (κ3) is 53.9. The van der Waals surface area contributed by atoms with Gasteiger partial charge in [0.25, 0.3) is 0 Å². The Balaban J connectivity index is 3.97. The Morgan fingerprint density at radius 1 is 0.313 bits per heavy atom. The summed E-state index contributed by atoms with van der Waals surface area (Å²) < 4.78 is 16.7. The average Bonchev–Trinajstić information content (AvgIpc) is 3.33. The summed E-state index contributed by atoms with van der Waals surface area (Å²) in [6.45, 7) is 6.48. The van der Waals surface area contributed by atoms with E-state index in [1.54, 1.807) is 0 Å². The van der Waals surface area contributed by atoms with E-state index >= 15 is 0 Å². The molecule has 388 valence electrons. The molecule has 0 saturated carbocycles. The van der Waals surface area contributed by atoms with Gasteiger partial charge < -0.3 is 14.2 Å². The molecule has 0 saturated heterocycles. The predicted molar refractivity (Wildman–Crippen MR) is 288 cm³/mol. The summed E-state index contributed by atoms with van der Waals surface area (Å²) >= 11 is 0. The second-order valence-electron chi connectivity index (χ2n) is 19.2. The standard InChI is InChI=1S/C61H108O6/c1-4-7-10-13-16-18-20-22-23-24-25-26-27-28-29-30-31-32-33-34-35-36-37-38-39-40-42-43-45-48-51-54-60(63)66-57-58(56-65-59(62)53-50-47-15-12-9-6-3)67-61(64)55-52-49-46-44-41-21-19-17-14-11-8-5-2/h7,10,16,18,22-23,25-26,28-29,58H,4-6,8-9,11-15,17,19-21,24,27,30-57H2,1-3H3/b10-7-,18-16-,23-22-,26-25-,29-28-. The first-order valence-corrected chi connectivity index (χ1v) is 28.8. The first kappa shape index (κ1) is 64.1. The van der Waals surface area contributed by atoms with Gasteiger partial charge in [0, 0.05) is 19.3 Å². The maximum atomic E-state index is 12.7. The van der Waals surface area contributed by atoms with Gasteiger partial charge in [-0.05, 0) is 64.2 Å². The van der Waals surface area contributed by atoms with Crippen LogP contribution in [0.2, 0.25) is 0 Å². The molecule has 0 amide bonds. The highest BCUT2D eigenvalue weighted by molar-refractivity contribution is 5.71. The quantitative estimate of drug-likeness (QED) is 0.0262. The van der Waals surface area contributed by atoms with E-state index in [-0.39, 0.29) is 31.1 Å². The minimum absolute atomic E-state index is 0.0697. The molecule has 0 aromatic heterocycles. The molecule has 0 spiro atoms. The van der Waals surface area contributed by atoms with Crippen LogP contribution in [-0.2, 0) is 28.6 Å². The van der Waals surface area contributed by atoms with E-state index in [9.17, 15) is 14.4 Å². The zero-order chi connectivity index (χ0) is 48.6. The second kappa shape index (κ2) is 55.7. The lowest BCUT2D eigenvalue weighted by molar-refractivity contribution is -0.167. The fraction of sp³-hybridized carbons (Fsp3) is 0.787. The molecule has 0 aliphatic rings. The normalized spacial score (nSPS) is 12.5. The molecule has 67 heavy (non-hydrogen) atoms. The number of unbranched alkanes of at least 4 members (excludes halogenated alkanes) is 31. The van der Waals surface area contributed by atoms with Crippen LogP contribution in [0.1, 0.15) is 290 Å². The maximum Gasteiger partial charge on any atom is 0.306 e. The Bertz CT molecular complexity index is 1210. The van der Waals surface area contributed by atoms with E-state index < -0.39 is 6.10 Å². The lowest BCUT2D eigenvalue weighted by Gasteiger charge is -2.18. The Morgan fingerprint density at radius 3 is 0.910 bits per heavy atom. The Hall–Kier alpha value is -2.89. The number of carbonyl (C=O) groups is 3. The topological polar surface area (TPSA) is 78.9 Å². The molecule has 0 bridgehead atoms. The molecule has 0 fully saturated rings. The Labute approximate surface area is 415 Å². The van der Waals surface area contributed by atoms with Crippen molar-refractivity contribution in [1.82, 2.24) is 0 Å². The zero-order valence-electron chi connectivity index (χ0n) is 44.4. The van der Waals surface area contributed by atoms with Crippen molar-refractivity contribution in [3.05, 3.63) is 60.8 Å². The second-order valence-corrected chi connectivity index (χ2v) is 19.2. The van der Waals surface area contributed by atoms with Crippen LogP contribution in [0.15, 0.2) is 60.8 Å². The predicted octanol–water partition coefficient (Wildman–Crippen LogP) is 19.2. The largest absolute Gasteiger partial charge is 0.462 e. The summed E-state index contributed by atoms with van der Waals surface area (Å²) in [5.74, 6) is -0.869. The van der Waals surface area contributed by atoms with Crippen molar-refractivity contribution < 1.29 is 28.6 Å². The number of carbonyl (C=O) groups excluding carboxylic acids is 3. The van der Waals surface area contributed by atoms with Gasteiger partial charge in [-0.3, -0.25) is 14.4 Å². The summed E-state index contributed by atoms with van der Waals surface area (Å²) in [7, 11) is 0. The minimum atomic E-state index is -0.765. The molecule has 0 aliphatic carbocycles. The SMILES string of the molecule is CC/C=C\C/C=C\C/C=C\C/C=C\C/C=C\CCCCCCCCCCCCCCCCCC(=O)OCC(COC(=O)CCCCCCCC)OC(=O)CCCCCCCCCCCCCC. The van der Waals surface area contributed by atoms with Crippen molar-refractivity contribution in [2.24, 2.45) is 0 Å². The van der Waals surface area contributed by atoms with Crippen molar-refractivity contribution in [3.8, 4) is 0 Å². The molecular formula is C61H108O6. The van der Waals surface area contributed by atoms with Crippen LogP contribution in [0.3, 0.4) is 0 Å². The summed E-state index contributed by atoms with van der Waals surface area (Å²) in [6.07, 6.45) is 69.7. The lowest BCUT2D eigenvalue weighted by atomic mass is 10.0. The first-order chi connectivity index (χ1) is 33.0. The molecule has 6 nitrogen and oxygen atoms in total. The molecule has 0 aromatic carbocycles. The fourth-order valence-corrected chi connectivity index (χ4v) is 8.24. The highest BCUT2D eigenvalue weighted by Crippen LogP contribution is 2.16. The highest BCUT2D eigenvalue weighted by Gasteiger charge is 2.19. The van der Waals surface area contributed by atoms with Crippen molar-refractivity contribution in [1.29, 1.82) is 0 Å². The van der Waals surface area contributed by atoms with Gasteiger partial charge in [-0.15, -0.1) is 0 Å². The van der Waals surface area contributed by atoms with Crippen LogP contribution in [0.5, 0.6) is 0 Å². The number of ether oxygens (including phenoxy) is 3. The maximum absolute atomic E-state index is 12.7. The van der Waals surface area contributed by atoms with Crippen molar-refractivity contribution in [2.45, 2.75) is 297 Å². The van der Waals surface area contributed by atoms with Gasteiger partial charge in [-0.1, -0.05) is 268 Å². The third-order valence-corrected chi connectivity index (χ3v) is 12.5. The molecule has 0 aliphatic heterocycles. The zero-order valence-corrected chi connectivity index (χ0v) is 44.4. The molecule has 0 rings (SSSR count). The number of rotatable bonds is 52. The van der Waals surface area contributed by atoms with E-state index in [4.69, 9.17) is 14.2 Å². The van der Waals surface area contributed by atoms with Gasteiger partial charge in [0.2, 0.25) is 0 Å². The Kier molecular flexibility index (Phi) is 53.3. The van der Waals surface area contributed by atoms with Crippen molar-refractivity contribution in [3.63, 3.8) is 0 Å². The lowest BCUT2D eigenvalue weighted by Crippen LogP contribution is -2.30. The van der Waals surface area contributed by atoms with Crippen LogP contribution in [0.25, 0.3) is 0 Å². The number of allylic oxidation sites excluding steroid dienone is 10. The molecule has 1 unspecified atom stereocenters. The van der Waals surface area contributed by atoms with E-state index in [0.717, 1.165) is 89.9 Å². The van der Waals surface area contributed by atoms with Crippen LogP contribution in [0.4, 0.5) is 0 Å². The van der Waals surface area contributed by atoms with E-state index in [0.29, 0.717) is 19.3 Å². The molecule has 0 N–H and O–H groups in total. The smallest absolute Gasteiger partial charge is 0.306 e. The fourth-order valence-electron chi connectivity index (χ4n) is 8.24. The average molecular weight is 938 g/mol. The van der Waals surface area contributed by atoms with Gasteiger partial charge in [0.1, 0.15) is 13.2 Å². The summed E-state index contributed by atoms with van der Waals surface area (Å²) in [5, 5.41) is 0. The number of hydrogen-bond donors (Lipinski definition) is 0. The van der Waals surface area contributed by atoms with Gasteiger partial charge in [0.15, 0.2) is 6.10 Å². The van der Waals surface area contributed by atoms with E-state index in [1.807, 2.05) is 0 Å². The number of esters is 3. The van der Waals surface area contributed by atoms with E-state index in [2.05, 4.69) is 81.5 Å². The Morgan fingerprint density at radius 2 is 0.582 bits per heavy atom. The van der Waals surface area contributed by atoms with Crippen molar-refractivity contribution >= 4 is 17.9 Å².